The quantitative estimate of drug-likeness (QED) is 0.685. The fourth-order valence-electron chi connectivity index (χ4n) is 1.63. The topological polar surface area (TPSA) is 92.4 Å². The molecule has 5 heteroatoms. The lowest BCUT2D eigenvalue weighted by molar-refractivity contribution is -0.121. The van der Waals surface area contributed by atoms with Gasteiger partial charge in [-0.15, -0.1) is 0 Å². The standard InChI is InChI=1S/C14H20N2O3/c1-10(9-15)8-13(17)16-7-6-11-2-4-12(5-3-11)14(18)19/h2-5,10H,6-9,15H2,1H3,(H,16,17)(H,18,19). The molecule has 1 amide bonds. The first-order valence-electron chi connectivity index (χ1n) is 6.32. The van der Waals surface area contributed by atoms with Gasteiger partial charge in [0.15, 0.2) is 0 Å². The van der Waals surface area contributed by atoms with Crippen molar-refractivity contribution in [2.45, 2.75) is 19.8 Å². The number of carboxylic acid groups (broad SMARTS) is 1. The van der Waals surface area contributed by atoms with E-state index in [0.29, 0.717) is 25.9 Å². The Balaban J connectivity index is 2.33. The Morgan fingerprint density at radius 1 is 1.32 bits per heavy atom. The summed E-state index contributed by atoms with van der Waals surface area (Å²) < 4.78 is 0. The number of carbonyl (C=O) groups is 2. The van der Waals surface area contributed by atoms with Crippen molar-refractivity contribution in [2.24, 2.45) is 11.7 Å². The average molecular weight is 264 g/mol. The second-order valence-corrected chi connectivity index (χ2v) is 4.65. The molecule has 0 aliphatic rings. The third kappa shape index (κ3) is 5.52. The van der Waals surface area contributed by atoms with Crippen LogP contribution in [0.4, 0.5) is 0 Å². The van der Waals surface area contributed by atoms with E-state index in [9.17, 15) is 9.59 Å². The molecule has 0 spiro atoms. The van der Waals surface area contributed by atoms with Crippen molar-refractivity contribution in [2.75, 3.05) is 13.1 Å². The van der Waals surface area contributed by atoms with Crippen LogP contribution in [-0.4, -0.2) is 30.1 Å². The minimum absolute atomic E-state index is 0.0000983. The van der Waals surface area contributed by atoms with Crippen molar-refractivity contribution in [1.29, 1.82) is 0 Å². The van der Waals surface area contributed by atoms with E-state index in [1.54, 1.807) is 24.3 Å². The second-order valence-electron chi connectivity index (χ2n) is 4.65. The van der Waals surface area contributed by atoms with E-state index in [1.807, 2.05) is 6.92 Å². The van der Waals surface area contributed by atoms with E-state index >= 15 is 0 Å². The summed E-state index contributed by atoms with van der Waals surface area (Å²) in [5.74, 6) is -0.745. The monoisotopic (exact) mass is 264 g/mol. The van der Waals surface area contributed by atoms with Gasteiger partial charge in [-0.25, -0.2) is 4.79 Å². The van der Waals surface area contributed by atoms with Crippen LogP contribution in [0.15, 0.2) is 24.3 Å². The predicted octanol–water partition coefficient (Wildman–Crippen LogP) is 1.03. The zero-order valence-electron chi connectivity index (χ0n) is 11.1. The number of nitrogens with two attached hydrogens (primary N) is 1. The number of rotatable bonds is 7. The lowest BCUT2D eigenvalue weighted by Crippen LogP contribution is -2.28. The van der Waals surface area contributed by atoms with Gasteiger partial charge in [0, 0.05) is 13.0 Å². The molecule has 1 aromatic rings. The van der Waals surface area contributed by atoms with Gasteiger partial charge in [-0.3, -0.25) is 4.79 Å². The summed E-state index contributed by atoms with van der Waals surface area (Å²) in [6.45, 7) is 2.98. The summed E-state index contributed by atoms with van der Waals surface area (Å²) in [5, 5.41) is 11.6. The van der Waals surface area contributed by atoms with Crippen LogP contribution in [0.5, 0.6) is 0 Å². The molecule has 5 nitrogen and oxygen atoms in total. The molecule has 4 N–H and O–H groups in total. The molecular weight excluding hydrogens is 244 g/mol. The van der Waals surface area contributed by atoms with E-state index in [-0.39, 0.29) is 17.4 Å². The number of nitrogens with one attached hydrogen (secondary N) is 1. The van der Waals surface area contributed by atoms with E-state index in [0.717, 1.165) is 5.56 Å². The number of amides is 1. The number of aromatic carboxylic acids is 1. The van der Waals surface area contributed by atoms with Gasteiger partial charge in [0.1, 0.15) is 0 Å². The Hall–Kier alpha value is -1.88. The van der Waals surface area contributed by atoms with Crippen LogP contribution in [0.1, 0.15) is 29.3 Å². The normalized spacial score (nSPS) is 11.9. The molecular formula is C14H20N2O3. The maximum Gasteiger partial charge on any atom is 0.335 e. The third-order valence-corrected chi connectivity index (χ3v) is 2.87. The molecule has 0 radical (unpaired) electrons. The summed E-state index contributed by atoms with van der Waals surface area (Å²) in [6.07, 6.45) is 1.12. The minimum Gasteiger partial charge on any atom is -0.478 e. The van der Waals surface area contributed by atoms with E-state index < -0.39 is 5.97 Å². The van der Waals surface area contributed by atoms with Crippen molar-refractivity contribution in [3.8, 4) is 0 Å². The zero-order valence-corrected chi connectivity index (χ0v) is 11.1. The van der Waals surface area contributed by atoms with Crippen LogP contribution >= 0.6 is 0 Å². The fraction of sp³-hybridized carbons (Fsp3) is 0.429. The maximum absolute atomic E-state index is 11.5. The van der Waals surface area contributed by atoms with Crippen molar-refractivity contribution in [3.05, 3.63) is 35.4 Å². The van der Waals surface area contributed by atoms with Crippen LogP contribution in [0, 0.1) is 5.92 Å². The van der Waals surface area contributed by atoms with Crippen molar-refractivity contribution >= 4 is 11.9 Å². The highest BCUT2D eigenvalue weighted by atomic mass is 16.4. The highest BCUT2D eigenvalue weighted by Crippen LogP contribution is 2.05. The first kappa shape index (κ1) is 15.2. The second kappa shape index (κ2) is 7.53. The molecule has 104 valence electrons. The number of carbonyl (C=O) groups excluding carboxylic acids is 1. The summed E-state index contributed by atoms with van der Waals surface area (Å²) in [4.78, 5) is 22.2. The van der Waals surface area contributed by atoms with E-state index in [2.05, 4.69) is 5.32 Å². The number of carboxylic acids is 1. The van der Waals surface area contributed by atoms with Gasteiger partial charge in [-0.1, -0.05) is 19.1 Å². The summed E-state index contributed by atoms with van der Waals surface area (Å²) >= 11 is 0. The molecule has 0 aliphatic heterocycles. The van der Waals surface area contributed by atoms with Gasteiger partial charge in [0.2, 0.25) is 5.91 Å². The van der Waals surface area contributed by atoms with Gasteiger partial charge in [0.05, 0.1) is 5.56 Å². The van der Waals surface area contributed by atoms with Crippen LogP contribution in [-0.2, 0) is 11.2 Å². The Labute approximate surface area is 112 Å². The Morgan fingerprint density at radius 3 is 2.47 bits per heavy atom. The SMILES string of the molecule is CC(CN)CC(=O)NCCc1ccc(C(=O)O)cc1. The molecule has 0 saturated heterocycles. The summed E-state index contributed by atoms with van der Waals surface area (Å²) in [7, 11) is 0. The molecule has 1 atom stereocenters. The zero-order chi connectivity index (χ0) is 14.3. The lowest BCUT2D eigenvalue weighted by atomic mass is 10.1. The highest BCUT2D eigenvalue weighted by Gasteiger charge is 2.07. The molecule has 0 saturated carbocycles. The summed E-state index contributed by atoms with van der Waals surface area (Å²) in [6, 6.07) is 6.65. The maximum atomic E-state index is 11.5. The highest BCUT2D eigenvalue weighted by molar-refractivity contribution is 5.87. The molecule has 1 rings (SSSR count). The number of hydrogen-bond donors (Lipinski definition) is 3. The third-order valence-electron chi connectivity index (χ3n) is 2.87. The Bertz CT molecular complexity index is 429. The van der Waals surface area contributed by atoms with Crippen LogP contribution in [0.25, 0.3) is 0 Å². The summed E-state index contributed by atoms with van der Waals surface area (Å²) in [5.41, 5.74) is 6.72. The molecule has 1 aromatic carbocycles. The number of benzene rings is 1. The predicted molar refractivity (Wildman–Crippen MR) is 73.0 cm³/mol. The Kier molecular flexibility index (Phi) is 6.02. The van der Waals surface area contributed by atoms with Crippen LogP contribution in [0.2, 0.25) is 0 Å². The van der Waals surface area contributed by atoms with Crippen LogP contribution < -0.4 is 11.1 Å². The van der Waals surface area contributed by atoms with Gasteiger partial charge in [-0.05, 0) is 36.6 Å². The van der Waals surface area contributed by atoms with E-state index in [4.69, 9.17) is 10.8 Å². The van der Waals surface area contributed by atoms with Crippen molar-refractivity contribution in [1.82, 2.24) is 5.32 Å². The molecule has 1 unspecified atom stereocenters. The largest absolute Gasteiger partial charge is 0.478 e. The van der Waals surface area contributed by atoms with Gasteiger partial charge < -0.3 is 16.2 Å². The van der Waals surface area contributed by atoms with E-state index in [1.165, 1.54) is 0 Å². The smallest absolute Gasteiger partial charge is 0.335 e. The lowest BCUT2D eigenvalue weighted by Gasteiger charge is -2.09. The Morgan fingerprint density at radius 2 is 1.95 bits per heavy atom. The fourth-order valence-corrected chi connectivity index (χ4v) is 1.63. The molecule has 0 aliphatic carbocycles. The first-order chi connectivity index (χ1) is 9.02. The average Bonchev–Trinajstić information content (AvgIpc) is 2.39. The van der Waals surface area contributed by atoms with Crippen LogP contribution in [0.3, 0.4) is 0 Å². The molecule has 19 heavy (non-hydrogen) atoms. The molecule has 0 bridgehead atoms. The van der Waals surface area contributed by atoms with Gasteiger partial charge in [-0.2, -0.15) is 0 Å². The van der Waals surface area contributed by atoms with Gasteiger partial charge >= 0.3 is 5.97 Å². The van der Waals surface area contributed by atoms with Gasteiger partial charge in [0.25, 0.3) is 0 Å². The number of hydrogen-bond acceptors (Lipinski definition) is 3. The molecule has 0 aromatic heterocycles. The first-order valence-corrected chi connectivity index (χ1v) is 6.32. The van der Waals surface area contributed by atoms with Crippen molar-refractivity contribution in [3.63, 3.8) is 0 Å². The molecule has 0 fully saturated rings. The minimum atomic E-state index is -0.935. The molecule has 0 heterocycles. The van der Waals surface area contributed by atoms with Crippen molar-refractivity contribution < 1.29 is 14.7 Å².